The molecule has 8 nitrogen and oxygen atoms in total. The van der Waals surface area contributed by atoms with Gasteiger partial charge in [0.1, 0.15) is 23.7 Å². The highest BCUT2D eigenvalue weighted by Gasteiger charge is 2.30. The second-order valence-electron chi connectivity index (χ2n) is 6.39. The van der Waals surface area contributed by atoms with E-state index in [4.69, 9.17) is 9.47 Å². The lowest BCUT2D eigenvalue weighted by molar-refractivity contribution is -0.137. The highest BCUT2D eigenvalue weighted by molar-refractivity contribution is 7.92. The predicted molar refractivity (Wildman–Crippen MR) is 106 cm³/mol. The van der Waals surface area contributed by atoms with Crippen molar-refractivity contribution < 1.29 is 31.1 Å². The van der Waals surface area contributed by atoms with Gasteiger partial charge in [0, 0.05) is 12.3 Å². The molecule has 0 atom stereocenters. The molecule has 1 aromatic carbocycles. The fourth-order valence-corrected chi connectivity index (χ4v) is 3.12. The molecule has 0 aliphatic heterocycles. The second-order valence-corrected chi connectivity index (χ2v) is 8.14. The van der Waals surface area contributed by atoms with Crippen molar-refractivity contribution in [2.24, 2.45) is 0 Å². The number of hydrogen-bond donors (Lipinski definition) is 1. The zero-order valence-corrected chi connectivity index (χ0v) is 17.2. The normalized spacial score (nSPS) is 11.8. The summed E-state index contributed by atoms with van der Waals surface area (Å²) in [4.78, 5) is 4.15. The average molecular weight is 454 g/mol. The Morgan fingerprint density at radius 2 is 1.84 bits per heavy atom. The fraction of sp³-hybridized carbons (Fsp3) is 0.211. The molecule has 31 heavy (non-hydrogen) atoms. The molecule has 0 spiro atoms. The van der Waals surface area contributed by atoms with Crippen LogP contribution in [0.15, 0.2) is 48.7 Å². The largest absolute Gasteiger partial charge is 0.489 e. The molecule has 2 heterocycles. The van der Waals surface area contributed by atoms with E-state index in [0.717, 1.165) is 18.4 Å². The van der Waals surface area contributed by atoms with Crippen molar-refractivity contribution in [1.29, 1.82) is 0 Å². The molecular formula is C19H17F3N4O4S. The molecule has 3 rings (SSSR count). The number of aromatic nitrogens is 3. The monoisotopic (exact) mass is 454 g/mol. The van der Waals surface area contributed by atoms with Crippen LogP contribution in [0, 0.1) is 0 Å². The summed E-state index contributed by atoms with van der Waals surface area (Å²) < 4.78 is 74.5. The van der Waals surface area contributed by atoms with E-state index in [1.165, 1.54) is 43.6 Å². The quantitative estimate of drug-likeness (QED) is 0.583. The minimum Gasteiger partial charge on any atom is -0.489 e. The van der Waals surface area contributed by atoms with Crippen LogP contribution in [0.4, 0.5) is 18.9 Å². The van der Waals surface area contributed by atoms with Crippen LogP contribution in [0.5, 0.6) is 11.6 Å². The van der Waals surface area contributed by atoms with E-state index < -0.39 is 21.8 Å². The summed E-state index contributed by atoms with van der Waals surface area (Å²) in [6.45, 7) is -0.0947. The van der Waals surface area contributed by atoms with E-state index in [1.54, 1.807) is 0 Å². The molecule has 0 unspecified atom stereocenters. The number of ether oxygens (including phenoxy) is 2. The number of anilines is 1. The van der Waals surface area contributed by atoms with Crippen LogP contribution in [0.2, 0.25) is 0 Å². The van der Waals surface area contributed by atoms with E-state index in [-0.39, 0.29) is 23.9 Å². The highest BCUT2D eigenvalue weighted by atomic mass is 32.2. The molecule has 3 aromatic rings. The van der Waals surface area contributed by atoms with Gasteiger partial charge in [0.25, 0.3) is 5.88 Å². The Kier molecular flexibility index (Phi) is 6.29. The van der Waals surface area contributed by atoms with Gasteiger partial charge in [-0.25, -0.2) is 8.42 Å². The van der Waals surface area contributed by atoms with Gasteiger partial charge in [-0.15, -0.1) is 10.2 Å². The van der Waals surface area contributed by atoms with Crippen molar-refractivity contribution in [3.8, 4) is 23.0 Å². The van der Waals surface area contributed by atoms with E-state index in [1.807, 2.05) is 0 Å². The maximum atomic E-state index is 12.8. The average Bonchev–Trinajstić information content (AvgIpc) is 2.71. The molecule has 0 aliphatic rings. The van der Waals surface area contributed by atoms with E-state index in [9.17, 15) is 21.6 Å². The van der Waals surface area contributed by atoms with Crippen LogP contribution < -0.4 is 14.2 Å². The van der Waals surface area contributed by atoms with Gasteiger partial charge in [-0.05, 0) is 29.8 Å². The number of nitrogens with zero attached hydrogens (tertiary/aromatic N) is 3. The van der Waals surface area contributed by atoms with Crippen LogP contribution in [0.3, 0.4) is 0 Å². The van der Waals surface area contributed by atoms with Gasteiger partial charge < -0.3 is 9.47 Å². The van der Waals surface area contributed by atoms with Crippen LogP contribution in [-0.2, 0) is 22.8 Å². The minimum absolute atomic E-state index is 0.0221. The van der Waals surface area contributed by atoms with E-state index in [0.29, 0.717) is 17.0 Å². The number of pyridine rings is 1. The number of rotatable bonds is 7. The van der Waals surface area contributed by atoms with Gasteiger partial charge in [-0.3, -0.25) is 9.71 Å². The van der Waals surface area contributed by atoms with Crippen molar-refractivity contribution in [1.82, 2.24) is 15.2 Å². The van der Waals surface area contributed by atoms with Crippen LogP contribution >= 0.6 is 0 Å². The Labute approximate surface area is 176 Å². The maximum absolute atomic E-state index is 12.8. The van der Waals surface area contributed by atoms with Crippen molar-refractivity contribution in [2.45, 2.75) is 12.8 Å². The summed E-state index contributed by atoms with van der Waals surface area (Å²) in [6.07, 6.45) is -2.04. The molecule has 164 valence electrons. The summed E-state index contributed by atoms with van der Waals surface area (Å²) >= 11 is 0. The van der Waals surface area contributed by atoms with Gasteiger partial charge in [-0.2, -0.15) is 13.2 Å². The first-order chi connectivity index (χ1) is 14.5. The zero-order chi connectivity index (χ0) is 22.6. The maximum Gasteiger partial charge on any atom is 0.416 e. The lowest BCUT2D eigenvalue weighted by atomic mass is 10.1. The summed E-state index contributed by atoms with van der Waals surface area (Å²) in [6, 6.07) is 9.26. The lowest BCUT2D eigenvalue weighted by Crippen LogP contribution is -2.12. The van der Waals surface area contributed by atoms with Gasteiger partial charge in [0.15, 0.2) is 0 Å². The highest BCUT2D eigenvalue weighted by Crippen LogP contribution is 2.30. The Balaban J connectivity index is 1.82. The summed E-state index contributed by atoms with van der Waals surface area (Å²) in [5.41, 5.74) is 0.206. The third-order valence-corrected chi connectivity index (χ3v) is 4.49. The molecule has 1 N–H and O–H groups in total. The Bertz CT molecular complexity index is 1190. The number of sulfonamides is 1. The number of nitrogens with one attached hydrogen (secondary N) is 1. The van der Waals surface area contributed by atoms with Gasteiger partial charge in [0.05, 0.1) is 24.6 Å². The molecule has 0 bridgehead atoms. The minimum atomic E-state index is -4.44. The Morgan fingerprint density at radius 1 is 1.06 bits per heavy atom. The van der Waals surface area contributed by atoms with E-state index >= 15 is 0 Å². The first kappa shape index (κ1) is 22.3. The summed E-state index contributed by atoms with van der Waals surface area (Å²) in [5.74, 6) is 0.309. The smallest absolute Gasteiger partial charge is 0.416 e. The number of methoxy groups -OCH3 is 1. The molecular weight excluding hydrogens is 437 g/mol. The van der Waals surface area contributed by atoms with Crippen molar-refractivity contribution in [3.05, 3.63) is 59.8 Å². The summed E-state index contributed by atoms with van der Waals surface area (Å²) in [7, 11) is -2.28. The fourth-order valence-electron chi connectivity index (χ4n) is 2.57. The number of halogens is 3. The topological polar surface area (TPSA) is 103 Å². The number of hydrogen-bond acceptors (Lipinski definition) is 7. The van der Waals surface area contributed by atoms with Gasteiger partial charge in [0.2, 0.25) is 10.0 Å². The molecule has 0 radical (unpaired) electrons. The molecule has 2 aromatic heterocycles. The Hall–Kier alpha value is -3.41. The van der Waals surface area contributed by atoms with Crippen LogP contribution in [0.25, 0.3) is 11.4 Å². The van der Waals surface area contributed by atoms with Gasteiger partial charge >= 0.3 is 6.18 Å². The SMILES string of the molecule is COc1nnc(-c2cc(OCc3cccc(C(F)(F)F)c3)ccn2)cc1NS(C)(=O)=O. The number of alkyl halides is 3. The zero-order valence-electron chi connectivity index (χ0n) is 16.3. The molecule has 0 amide bonds. The van der Waals surface area contributed by atoms with Crippen molar-refractivity contribution in [3.63, 3.8) is 0 Å². The van der Waals surface area contributed by atoms with Crippen LogP contribution in [0.1, 0.15) is 11.1 Å². The van der Waals surface area contributed by atoms with Crippen LogP contribution in [-0.4, -0.2) is 37.0 Å². The summed E-state index contributed by atoms with van der Waals surface area (Å²) in [5, 5.41) is 7.78. The van der Waals surface area contributed by atoms with Crippen molar-refractivity contribution in [2.75, 3.05) is 18.1 Å². The molecule has 0 aliphatic carbocycles. The lowest BCUT2D eigenvalue weighted by Gasteiger charge is -2.11. The Morgan fingerprint density at radius 3 is 2.52 bits per heavy atom. The third-order valence-electron chi connectivity index (χ3n) is 3.90. The predicted octanol–water partition coefficient (Wildman–Crippen LogP) is 3.52. The molecule has 0 saturated carbocycles. The first-order valence-corrected chi connectivity index (χ1v) is 10.6. The first-order valence-electron chi connectivity index (χ1n) is 8.70. The third kappa shape index (κ3) is 6.04. The molecule has 0 saturated heterocycles. The standard InChI is InChI=1S/C19H17F3N4O4S/c1-29-18-17(26-31(2,27)28)10-16(24-25-18)15-9-14(6-7-23-15)30-11-12-4-3-5-13(8-12)19(20,21)22/h3-10H,11H2,1-2H3,(H,24,26). The molecule has 12 heteroatoms. The number of benzene rings is 1. The van der Waals surface area contributed by atoms with Crippen molar-refractivity contribution >= 4 is 15.7 Å². The molecule has 0 fully saturated rings. The van der Waals surface area contributed by atoms with Gasteiger partial charge in [-0.1, -0.05) is 12.1 Å². The van der Waals surface area contributed by atoms with E-state index in [2.05, 4.69) is 19.9 Å². The second kappa shape index (κ2) is 8.76.